The van der Waals surface area contributed by atoms with Crippen molar-refractivity contribution in [1.82, 2.24) is 15.0 Å². The first kappa shape index (κ1) is 16.7. The number of benzene rings is 1. The van der Waals surface area contributed by atoms with Crippen molar-refractivity contribution in [2.45, 2.75) is 34.2 Å². The molecule has 23 heavy (non-hydrogen) atoms. The zero-order valence-corrected chi connectivity index (χ0v) is 13.8. The van der Waals surface area contributed by atoms with Crippen molar-refractivity contribution in [1.29, 1.82) is 0 Å². The van der Waals surface area contributed by atoms with Crippen LogP contribution in [0, 0.1) is 19.8 Å². The number of amides is 2. The molecule has 2 amide bonds. The number of anilines is 2. The monoisotopic (exact) mass is 315 g/mol. The molecule has 0 radical (unpaired) electrons. The lowest BCUT2D eigenvalue weighted by Crippen LogP contribution is -2.20. The molecule has 0 spiro atoms. The van der Waals surface area contributed by atoms with Gasteiger partial charge in [0, 0.05) is 11.6 Å². The van der Waals surface area contributed by atoms with Crippen LogP contribution in [0.25, 0.3) is 0 Å². The highest BCUT2D eigenvalue weighted by Gasteiger charge is 2.11. The van der Waals surface area contributed by atoms with Gasteiger partial charge < -0.3 is 10.6 Å². The molecular weight excluding hydrogens is 294 g/mol. The third-order valence-corrected chi connectivity index (χ3v) is 3.28. The zero-order valence-electron chi connectivity index (χ0n) is 13.8. The number of aromatic nitrogens is 3. The number of aryl methyl sites for hydroxylation is 2. The number of hydrogen-bond acceptors (Lipinski definition) is 4. The maximum atomic E-state index is 12.1. The first-order valence-corrected chi connectivity index (χ1v) is 7.43. The predicted molar refractivity (Wildman–Crippen MR) is 88.0 cm³/mol. The first-order chi connectivity index (χ1) is 10.8. The van der Waals surface area contributed by atoms with Crippen molar-refractivity contribution in [2.24, 2.45) is 5.92 Å². The number of hydrogen-bond donors (Lipinski definition) is 2. The summed E-state index contributed by atoms with van der Waals surface area (Å²) in [5, 5.41) is 13.1. The van der Waals surface area contributed by atoms with E-state index in [1.807, 2.05) is 32.0 Å². The van der Waals surface area contributed by atoms with Crippen LogP contribution >= 0.6 is 0 Å². The topological polar surface area (TPSA) is 88.9 Å². The second-order valence-corrected chi connectivity index (χ2v) is 5.81. The Morgan fingerprint density at radius 1 is 1.22 bits per heavy atom. The molecule has 0 aliphatic heterocycles. The van der Waals surface area contributed by atoms with Gasteiger partial charge in [-0.1, -0.05) is 36.8 Å². The lowest BCUT2D eigenvalue weighted by molar-refractivity contribution is -0.119. The largest absolute Gasteiger partial charge is 0.324 e. The van der Waals surface area contributed by atoms with E-state index in [2.05, 4.69) is 20.9 Å². The Kier molecular flexibility index (Phi) is 5.10. The molecule has 2 aromatic rings. The van der Waals surface area contributed by atoms with Crippen LogP contribution in [0.2, 0.25) is 0 Å². The summed E-state index contributed by atoms with van der Waals surface area (Å²) < 4.78 is 1.38. The summed E-state index contributed by atoms with van der Waals surface area (Å²) in [6.07, 6.45) is 1.53. The van der Waals surface area contributed by atoms with Gasteiger partial charge in [0.05, 0.1) is 6.20 Å². The Hall–Kier alpha value is -2.70. The van der Waals surface area contributed by atoms with E-state index in [9.17, 15) is 9.59 Å². The smallest absolute Gasteiger partial charge is 0.246 e. The molecule has 7 heteroatoms. The maximum absolute atomic E-state index is 12.1. The molecular formula is C16H21N5O2. The fourth-order valence-corrected chi connectivity index (χ4v) is 1.99. The van der Waals surface area contributed by atoms with Crippen LogP contribution in [0.5, 0.6) is 0 Å². The zero-order chi connectivity index (χ0) is 17.0. The number of carbonyl (C=O) groups is 2. The van der Waals surface area contributed by atoms with Crippen LogP contribution < -0.4 is 10.6 Å². The van der Waals surface area contributed by atoms with Crippen molar-refractivity contribution in [3.8, 4) is 0 Å². The number of nitrogens with zero attached hydrogens (tertiary/aromatic N) is 3. The fourth-order valence-electron chi connectivity index (χ4n) is 1.99. The second kappa shape index (κ2) is 7.04. The summed E-state index contributed by atoms with van der Waals surface area (Å²) in [6, 6.07) is 5.82. The quantitative estimate of drug-likeness (QED) is 0.884. The number of rotatable bonds is 5. The van der Waals surface area contributed by atoms with E-state index in [-0.39, 0.29) is 24.3 Å². The molecule has 2 rings (SSSR count). The molecule has 0 fully saturated rings. The van der Waals surface area contributed by atoms with Crippen molar-refractivity contribution in [3.63, 3.8) is 0 Å². The third-order valence-electron chi connectivity index (χ3n) is 3.28. The molecule has 0 bridgehead atoms. The Morgan fingerprint density at radius 3 is 2.61 bits per heavy atom. The van der Waals surface area contributed by atoms with Gasteiger partial charge in [-0.2, -0.15) is 0 Å². The highest BCUT2D eigenvalue weighted by molar-refractivity contribution is 5.92. The van der Waals surface area contributed by atoms with Crippen LogP contribution in [0.1, 0.15) is 25.0 Å². The van der Waals surface area contributed by atoms with Gasteiger partial charge in [-0.3, -0.25) is 9.59 Å². The molecule has 0 aliphatic carbocycles. The molecule has 0 saturated heterocycles. The molecule has 1 aromatic heterocycles. The van der Waals surface area contributed by atoms with Crippen LogP contribution in [-0.4, -0.2) is 26.8 Å². The second-order valence-electron chi connectivity index (χ2n) is 5.81. The van der Waals surface area contributed by atoms with Crippen LogP contribution in [0.3, 0.4) is 0 Å². The molecule has 2 N–H and O–H groups in total. The summed E-state index contributed by atoms with van der Waals surface area (Å²) in [6.45, 7) is 7.55. The Labute approximate surface area is 135 Å². The van der Waals surface area contributed by atoms with Crippen LogP contribution in [-0.2, 0) is 16.1 Å². The van der Waals surface area contributed by atoms with Crippen molar-refractivity contribution < 1.29 is 9.59 Å². The average molecular weight is 315 g/mol. The van der Waals surface area contributed by atoms with Gasteiger partial charge in [0.2, 0.25) is 11.8 Å². The number of carbonyl (C=O) groups excluding carboxylic acids is 2. The molecule has 0 aliphatic rings. The molecule has 122 valence electrons. The van der Waals surface area contributed by atoms with Gasteiger partial charge in [0.15, 0.2) is 5.82 Å². The fraction of sp³-hybridized carbons (Fsp3) is 0.375. The van der Waals surface area contributed by atoms with E-state index < -0.39 is 0 Å². The summed E-state index contributed by atoms with van der Waals surface area (Å²) in [4.78, 5) is 23.7. The van der Waals surface area contributed by atoms with Crippen molar-refractivity contribution >= 4 is 23.3 Å². The van der Waals surface area contributed by atoms with Gasteiger partial charge in [-0.05, 0) is 25.5 Å². The third kappa shape index (κ3) is 4.64. The molecule has 1 aromatic carbocycles. The van der Waals surface area contributed by atoms with E-state index >= 15 is 0 Å². The predicted octanol–water partition coefficient (Wildman–Crippen LogP) is 2.13. The maximum Gasteiger partial charge on any atom is 0.246 e. The Balaban J connectivity index is 1.95. The van der Waals surface area contributed by atoms with Gasteiger partial charge in [0.1, 0.15) is 6.54 Å². The first-order valence-electron chi connectivity index (χ1n) is 7.43. The summed E-state index contributed by atoms with van der Waals surface area (Å²) in [5.41, 5.74) is 2.91. The van der Waals surface area contributed by atoms with Crippen molar-refractivity contribution in [3.05, 3.63) is 35.5 Å². The van der Waals surface area contributed by atoms with Crippen LogP contribution in [0.15, 0.2) is 24.4 Å². The van der Waals surface area contributed by atoms with Gasteiger partial charge >= 0.3 is 0 Å². The van der Waals surface area contributed by atoms with E-state index in [0.29, 0.717) is 5.82 Å². The van der Waals surface area contributed by atoms with Gasteiger partial charge in [0.25, 0.3) is 0 Å². The molecule has 0 saturated carbocycles. The molecule has 0 atom stereocenters. The highest BCUT2D eigenvalue weighted by Crippen LogP contribution is 2.16. The average Bonchev–Trinajstić information content (AvgIpc) is 2.89. The van der Waals surface area contributed by atoms with Crippen LogP contribution in [0.4, 0.5) is 11.5 Å². The number of nitrogens with one attached hydrogen (secondary N) is 2. The minimum atomic E-state index is -0.205. The van der Waals surface area contributed by atoms with Gasteiger partial charge in [-0.25, -0.2) is 4.68 Å². The lowest BCUT2D eigenvalue weighted by Gasteiger charge is -2.08. The summed E-state index contributed by atoms with van der Waals surface area (Å²) in [5.74, 6) is -0.156. The standard InChI is InChI=1S/C16H21N5O2/c1-10(2)16(23)18-14-8-21(20-19-14)9-15(22)17-13-6-5-11(3)7-12(13)4/h5-8,10H,9H2,1-4H3,(H,17,22)(H,18,23). The normalized spacial score (nSPS) is 10.7. The Morgan fingerprint density at radius 2 is 1.96 bits per heavy atom. The highest BCUT2D eigenvalue weighted by atomic mass is 16.2. The SMILES string of the molecule is Cc1ccc(NC(=O)Cn2cc(NC(=O)C(C)C)nn2)c(C)c1. The summed E-state index contributed by atoms with van der Waals surface area (Å²) in [7, 11) is 0. The van der Waals surface area contributed by atoms with Gasteiger partial charge in [-0.15, -0.1) is 5.10 Å². The minimum Gasteiger partial charge on any atom is -0.324 e. The van der Waals surface area contributed by atoms with E-state index in [4.69, 9.17) is 0 Å². The Bertz CT molecular complexity index is 721. The molecule has 1 heterocycles. The van der Waals surface area contributed by atoms with E-state index in [1.165, 1.54) is 10.9 Å². The van der Waals surface area contributed by atoms with Crippen molar-refractivity contribution in [2.75, 3.05) is 10.6 Å². The van der Waals surface area contributed by atoms with E-state index in [1.54, 1.807) is 13.8 Å². The lowest BCUT2D eigenvalue weighted by atomic mass is 10.1. The summed E-state index contributed by atoms with van der Waals surface area (Å²) >= 11 is 0. The van der Waals surface area contributed by atoms with E-state index in [0.717, 1.165) is 16.8 Å². The molecule has 0 unspecified atom stereocenters. The minimum absolute atomic E-state index is 0.0257. The molecule has 7 nitrogen and oxygen atoms in total.